The monoisotopic (exact) mass is 378 g/mol. The number of esters is 1. The molecule has 1 N–H and O–H groups in total. The number of methoxy groups -OCH3 is 2. The summed E-state index contributed by atoms with van der Waals surface area (Å²) in [6, 6.07) is 0.384. The predicted octanol–water partition coefficient (Wildman–Crippen LogP) is 1.76. The van der Waals surface area contributed by atoms with Crippen molar-refractivity contribution in [3.8, 4) is 0 Å². The zero-order chi connectivity index (χ0) is 19.6. The summed E-state index contributed by atoms with van der Waals surface area (Å²) in [5.41, 5.74) is 2.85. The maximum atomic E-state index is 11.9. The summed E-state index contributed by atoms with van der Waals surface area (Å²) < 4.78 is 16.4. The molecule has 0 aromatic heterocycles. The number of carbonyl (C=O) groups is 1. The molecular weight excluding hydrogens is 344 g/mol. The highest BCUT2D eigenvalue weighted by Crippen LogP contribution is 2.49. The van der Waals surface area contributed by atoms with E-state index in [1.54, 1.807) is 7.11 Å². The van der Waals surface area contributed by atoms with Crippen LogP contribution in [0, 0.1) is 11.8 Å². The molecule has 0 aromatic carbocycles. The van der Waals surface area contributed by atoms with Gasteiger partial charge in [-0.1, -0.05) is 12.2 Å². The van der Waals surface area contributed by atoms with Crippen molar-refractivity contribution in [2.45, 2.75) is 50.4 Å². The van der Waals surface area contributed by atoms with E-state index in [9.17, 15) is 4.79 Å². The lowest BCUT2D eigenvalue weighted by Crippen LogP contribution is -2.56. The maximum absolute atomic E-state index is 11.9. The van der Waals surface area contributed by atoms with Gasteiger partial charge in [-0.2, -0.15) is 0 Å². The summed E-state index contributed by atoms with van der Waals surface area (Å²) in [7, 11) is 7.52. The second-order valence-electron chi connectivity index (χ2n) is 8.20. The fraction of sp³-hybridized carbons (Fsp3) is 0.762. The Bertz CT molecular complexity index is 601. The molecule has 0 amide bonds. The molecule has 6 heteroatoms. The summed E-state index contributed by atoms with van der Waals surface area (Å²) in [5, 5.41) is 3.47. The van der Waals surface area contributed by atoms with Gasteiger partial charge in [-0.25, -0.2) is 0 Å². The molecule has 2 aliphatic carbocycles. The molecule has 0 bridgehead atoms. The van der Waals surface area contributed by atoms with Crippen LogP contribution in [0.2, 0.25) is 0 Å². The fourth-order valence-corrected chi connectivity index (χ4v) is 5.19. The zero-order valence-corrected chi connectivity index (χ0v) is 17.2. The summed E-state index contributed by atoms with van der Waals surface area (Å²) in [6.07, 6.45) is 7.69. The van der Waals surface area contributed by atoms with Gasteiger partial charge in [0.2, 0.25) is 0 Å². The van der Waals surface area contributed by atoms with Crippen LogP contribution in [0.1, 0.15) is 26.2 Å². The van der Waals surface area contributed by atoms with Gasteiger partial charge in [0.25, 0.3) is 0 Å². The van der Waals surface area contributed by atoms with Gasteiger partial charge in [-0.05, 0) is 57.3 Å². The third kappa shape index (κ3) is 4.14. The van der Waals surface area contributed by atoms with Crippen LogP contribution in [0.5, 0.6) is 0 Å². The van der Waals surface area contributed by atoms with E-state index in [2.05, 4.69) is 36.5 Å². The van der Waals surface area contributed by atoms with Gasteiger partial charge in [-0.15, -0.1) is 0 Å². The van der Waals surface area contributed by atoms with Crippen LogP contribution in [0.15, 0.2) is 23.3 Å². The van der Waals surface area contributed by atoms with Crippen LogP contribution in [0.25, 0.3) is 0 Å². The number of nitrogens with zero attached hydrogens (tertiary/aromatic N) is 1. The smallest absolute Gasteiger partial charge is 0.322 e. The highest BCUT2D eigenvalue weighted by molar-refractivity contribution is 5.75. The standard InChI is InChI=1S/C21H34N2O4/c1-13(21(24)26-5)22-17-9-8-15-18(23(2)3)11-14(7-6-10-25-4)16-12-27-20(17)19(15)16/h6-7,13,15,17-20,22H,8-12H2,1-5H3/b7-6-. The lowest BCUT2D eigenvalue weighted by atomic mass is 9.64. The molecule has 1 aliphatic heterocycles. The van der Waals surface area contributed by atoms with Crippen molar-refractivity contribution in [2.24, 2.45) is 11.8 Å². The number of rotatable bonds is 7. The number of hydrogen-bond donors (Lipinski definition) is 1. The van der Waals surface area contributed by atoms with E-state index in [-0.39, 0.29) is 24.2 Å². The maximum Gasteiger partial charge on any atom is 0.322 e. The van der Waals surface area contributed by atoms with E-state index in [1.165, 1.54) is 18.3 Å². The number of allylic oxidation sites excluding steroid dienone is 1. The van der Waals surface area contributed by atoms with Gasteiger partial charge in [0.05, 0.1) is 26.4 Å². The topological polar surface area (TPSA) is 60.0 Å². The molecule has 2 fully saturated rings. The molecule has 3 aliphatic rings. The molecule has 6 unspecified atom stereocenters. The molecule has 0 radical (unpaired) electrons. The summed E-state index contributed by atoms with van der Waals surface area (Å²) in [6.45, 7) is 3.19. The number of hydrogen-bond acceptors (Lipinski definition) is 6. The Balaban J connectivity index is 1.84. The Morgan fingerprint density at radius 3 is 2.81 bits per heavy atom. The van der Waals surface area contributed by atoms with E-state index in [0.717, 1.165) is 19.3 Å². The molecule has 1 saturated heterocycles. The average Bonchev–Trinajstić information content (AvgIpc) is 3.10. The van der Waals surface area contributed by atoms with Crippen LogP contribution in [-0.4, -0.2) is 76.6 Å². The number of ether oxygens (including phenoxy) is 3. The van der Waals surface area contributed by atoms with Gasteiger partial charge in [0.1, 0.15) is 6.04 Å². The van der Waals surface area contributed by atoms with E-state index in [4.69, 9.17) is 14.2 Å². The minimum absolute atomic E-state index is 0.124. The average molecular weight is 379 g/mol. The molecule has 152 valence electrons. The fourth-order valence-electron chi connectivity index (χ4n) is 5.19. The van der Waals surface area contributed by atoms with Crippen LogP contribution in [-0.2, 0) is 19.0 Å². The third-order valence-corrected chi connectivity index (χ3v) is 6.46. The lowest BCUT2D eigenvalue weighted by molar-refractivity contribution is -0.143. The van der Waals surface area contributed by atoms with Crippen LogP contribution < -0.4 is 5.32 Å². The quantitative estimate of drug-likeness (QED) is 0.682. The number of nitrogens with one attached hydrogen (secondary N) is 1. The van der Waals surface area contributed by atoms with Gasteiger partial charge in [0, 0.05) is 25.1 Å². The normalized spacial score (nSPS) is 34.2. The van der Waals surface area contributed by atoms with E-state index >= 15 is 0 Å². The predicted molar refractivity (Wildman–Crippen MR) is 104 cm³/mol. The summed E-state index contributed by atoms with van der Waals surface area (Å²) in [4.78, 5) is 14.2. The third-order valence-electron chi connectivity index (χ3n) is 6.46. The first-order valence-corrected chi connectivity index (χ1v) is 9.97. The Morgan fingerprint density at radius 1 is 1.37 bits per heavy atom. The second-order valence-corrected chi connectivity index (χ2v) is 8.20. The van der Waals surface area contributed by atoms with Crippen molar-refractivity contribution in [2.75, 3.05) is 41.5 Å². The molecule has 0 spiro atoms. The Hall–Kier alpha value is -1.21. The van der Waals surface area contributed by atoms with E-state index < -0.39 is 0 Å². The van der Waals surface area contributed by atoms with Crippen molar-refractivity contribution in [3.63, 3.8) is 0 Å². The Morgan fingerprint density at radius 2 is 2.15 bits per heavy atom. The first-order chi connectivity index (χ1) is 13.0. The molecular formula is C21H34N2O4. The molecule has 0 aromatic rings. The molecule has 27 heavy (non-hydrogen) atoms. The molecule has 3 rings (SSSR count). The summed E-state index contributed by atoms with van der Waals surface area (Å²) in [5.74, 6) is 0.807. The van der Waals surface area contributed by atoms with Crippen LogP contribution >= 0.6 is 0 Å². The number of carbonyl (C=O) groups excluding carboxylic acids is 1. The van der Waals surface area contributed by atoms with Gasteiger partial charge < -0.3 is 19.1 Å². The second kappa shape index (κ2) is 8.86. The van der Waals surface area contributed by atoms with Crippen molar-refractivity contribution in [3.05, 3.63) is 23.3 Å². The summed E-state index contributed by atoms with van der Waals surface area (Å²) >= 11 is 0. The molecule has 1 saturated carbocycles. The van der Waals surface area contributed by atoms with Gasteiger partial charge in [-0.3, -0.25) is 10.1 Å². The first kappa shape index (κ1) is 20.5. The zero-order valence-electron chi connectivity index (χ0n) is 17.2. The largest absolute Gasteiger partial charge is 0.468 e. The van der Waals surface area contributed by atoms with Gasteiger partial charge in [0.15, 0.2) is 0 Å². The molecule has 1 heterocycles. The minimum atomic E-state index is -0.317. The van der Waals surface area contributed by atoms with E-state index in [0.29, 0.717) is 31.1 Å². The molecule has 6 atom stereocenters. The van der Waals surface area contributed by atoms with Crippen molar-refractivity contribution in [1.29, 1.82) is 0 Å². The van der Waals surface area contributed by atoms with Crippen LogP contribution in [0.4, 0.5) is 0 Å². The van der Waals surface area contributed by atoms with Crippen LogP contribution in [0.3, 0.4) is 0 Å². The van der Waals surface area contributed by atoms with E-state index in [1.807, 2.05) is 6.92 Å². The molecule has 6 nitrogen and oxygen atoms in total. The highest BCUT2D eigenvalue weighted by Gasteiger charge is 2.51. The van der Waals surface area contributed by atoms with Gasteiger partial charge >= 0.3 is 5.97 Å². The van der Waals surface area contributed by atoms with Crippen molar-refractivity contribution in [1.82, 2.24) is 10.2 Å². The van der Waals surface area contributed by atoms with Crippen molar-refractivity contribution < 1.29 is 19.0 Å². The lowest BCUT2D eigenvalue weighted by Gasteiger charge is -2.47. The minimum Gasteiger partial charge on any atom is -0.468 e. The van der Waals surface area contributed by atoms with Crippen molar-refractivity contribution >= 4 is 5.97 Å². The first-order valence-electron chi connectivity index (χ1n) is 9.97. The SMILES string of the molecule is COC/C=C\C1=C2COC3C(NC(C)C(=O)OC)CCC(C23)C(N(C)C)C1. The Labute approximate surface area is 162 Å². The Kier molecular flexibility index (Phi) is 6.74. The highest BCUT2D eigenvalue weighted by atomic mass is 16.5.